The summed E-state index contributed by atoms with van der Waals surface area (Å²) in [6.45, 7) is 3.99. The number of pyridine rings is 1. The predicted octanol–water partition coefficient (Wildman–Crippen LogP) is 2.53. The fourth-order valence-electron chi connectivity index (χ4n) is 4.34. The van der Waals surface area contributed by atoms with Crippen LogP contribution in [0.5, 0.6) is 0 Å². The Morgan fingerprint density at radius 2 is 1.52 bits per heavy atom. The van der Waals surface area contributed by atoms with Gasteiger partial charge in [-0.1, -0.05) is 18.2 Å². The van der Waals surface area contributed by atoms with Gasteiger partial charge in [0.2, 0.25) is 16.0 Å². The number of nitrogens with zero attached hydrogens (tertiary/aromatic N) is 6. The normalized spacial score (nSPS) is 18.5. The van der Waals surface area contributed by atoms with Gasteiger partial charge >= 0.3 is 0 Å². The highest BCUT2D eigenvalue weighted by Gasteiger charge is 2.30. The van der Waals surface area contributed by atoms with Crippen LogP contribution in [0, 0.1) is 0 Å². The quantitative estimate of drug-likeness (QED) is 0.619. The molecule has 0 unspecified atom stereocenters. The first kappa shape index (κ1) is 20.1. The molecule has 9 heteroatoms. The molecular formula is C22H26N6O2S. The average Bonchev–Trinajstić information content (AvgIpc) is 2.84. The average molecular weight is 439 g/mol. The molecule has 0 saturated carbocycles. The van der Waals surface area contributed by atoms with Gasteiger partial charge in [-0.15, -0.1) is 0 Å². The van der Waals surface area contributed by atoms with E-state index in [0.717, 1.165) is 30.2 Å². The first-order chi connectivity index (χ1) is 15.1. The third-order valence-electron chi connectivity index (χ3n) is 6.04. The molecule has 0 atom stereocenters. The predicted molar refractivity (Wildman–Crippen MR) is 121 cm³/mol. The number of anilines is 2. The van der Waals surface area contributed by atoms with Crippen LogP contribution < -0.4 is 9.80 Å². The maximum Gasteiger partial charge on any atom is 0.245 e. The van der Waals surface area contributed by atoms with Crippen molar-refractivity contribution in [3.63, 3.8) is 0 Å². The number of piperidine rings is 1. The summed E-state index contributed by atoms with van der Waals surface area (Å²) in [6.07, 6.45) is 7.05. The minimum absolute atomic E-state index is 0.272. The Morgan fingerprint density at radius 1 is 0.742 bits per heavy atom. The van der Waals surface area contributed by atoms with E-state index >= 15 is 0 Å². The van der Waals surface area contributed by atoms with E-state index in [4.69, 9.17) is 4.98 Å². The Bertz CT molecular complexity index is 1170. The van der Waals surface area contributed by atoms with Gasteiger partial charge in [-0.2, -0.15) is 9.29 Å². The van der Waals surface area contributed by atoms with E-state index < -0.39 is 10.0 Å². The van der Waals surface area contributed by atoms with Crippen molar-refractivity contribution in [1.82, 2.24) is 19.3 Å². The molecule has 2 fully saturated rings. The SMILES string of the molecule is O=S(=O)(c1cccc2cccnc12)N1CCN(c2ccnc(N3CCCCC3)n2)CC1. The Balaban J connectivity index is 1.32. The van der Waals surface area contributed by atoms with Crippen molar-refractivity contribution in [1.29, 1.82) is 0 Å². The van der Waals surface area contributed by atoms with Crippen LogP contribution >= 0.6 is 0 Å². The first-order valence-electron chi connectivity index (χ1n) is 10.8. The van der Waals surface area contributed by atoms with E-state index in [1.165, 1.54) is 19.3 Å². The highest BCUT2D eigenvalue weighted by atomic mass is 32.2. The summed E-state index contributed by atoms with van der Waals surface area (Å²) in [4.78, 5) is 18.2. The summed E-state index contributed by atoms with van der Waals surface area (Å²) in [5.41, 5.74) is 0.523. The molecule has 31 heavy (non-hydrogen) atoms. The molecule has 8 nitrogen and oxygen atoms in total. The third kappa shape index (κ3) is 3.95. The van der Waals surface area contributed by atoms with E-state index in [2.05, 4.69) is 19.8 Å². The van der Waals surface area contributed by atoms with E-state index in [0.29, 0.717) is 31.7 Å². The van der Waals surface area contributed by atoms with Crippen LogP contribution in [0.4, 0.5) is 11.8 Å². The lowest BCUT2D eigenvalue weighted by molar-refractivity contribution is 0.384. The molecule has 0 radical (unpaired) electrons. The molecular weight excluding hydrogens is 412 g/mol. The molecule has 2 aromatic heterocycles. The smallest absolute Gasteiger partial charge is 0.245 e. The lowest BCUT2D eigenvalue weighted by atomic mass is 10.1. The number of hydrogen-bond acceptors (Lipinski definition) is 7. The van der Waals surface area contributed by atoms with Crippen LogP contribution in [-0.2, 0) is 10.0 Å². The van der Waals surface area contributed by atoms with Crippen LogP contribution in [0.1, 0.15) is 19.3 Å². The zero-order chi connectivity index (χ0) is 21.3. The molecule has 0 spiro atoms. The number of fused-ring (bicyclic) bond motifs is 1. The monoisotopic (exact) mass is 438 g/mol. The highest BCUT2D eigenvalue weighted by Crippen LogP contribution is 2.26. The van der Waals surface area contributed by atoms with Gasteiger partial charge in [0.05, 0.1) is 5.52 Å². The maximum absolute atomic E-state index is 13.3. The Hall–Kier alpha value is -2.78. The maximum atomic E-state index is 13.3. The van der Waals surface area contributed by atoms with Crippen LogP contribution in [0.3, 0.4) is 0 Å². The number of rotatable bonds is 4. The van der Waals surface area contributed by atoms with Crippen molar-refractivity contribution in [2.45, 2.75) is 24.2 Å². The summed E-state index contributed by atoms with van der Waals surface area (Å²) in [7, 11) is -3.62. The molecule has 5 rings (SSSR count). The van der Waals surface area contributed by atoms with Gasteiger partial charge < -0.3 is 9.80 Å². The molecule has 162 valence electrons. The minimum Gasteiger partial charge on any atom is -0.354 e. The number of para-hydroxylation sites is 1. The van der Waals surface area contributed by atoms with Crippen molar-refractivity contribution < 1.29 is 8.42 Å². The first-order valence-corrected chi connectivity index (χ1v) is 12.2. The van der Waals surface area contributed by atoms with Crippen molar-refractivity contribution in [3.05, 3.63) is 48.8 Å². The molecule has 0 bridgehead atoms. The zero-order valence-corrected chi connectivity index (χ0v) is 18.2. The molecule has 2 saturated heterocycles. The fourth-order valence-corrected chi connectivity index (χ4v) is 5.93. The van der Waals surface area contributed by atoms with E-state index in [9.17, 15) is 8.42 Å². The Morgan fingerprint density at radius 3 is 2.32 bits per heavy atom. The Kier molecular flexibility index (Phi) is 5.45. The van der Waals surface area contributed by atoms with Crippen molar-refractivity contribution in [2.24, 2.45) is 0 Å². The molecule has 2 aliphatic heterocycles. The molecule has 1 aromatic carbocycles. The topological polar surface area (TPSA) is 82.5 Å². The third-order valence-corrected chi connectivity index (χ3v) is 7.97. The van der Waals surface area contributed by atoms with E-state index in [1.54, 1.807) is 28.8 Å². The summed E-state index contributed by atoms with van der Waals surface area (Å²) >= 11 is 0. The van der Waals surface area contributed by atoms with Gasteiger partial charge in [-0.05, 0) is 37.5 Å². The van der Waals surface area contributed by atoms with Crippen LogP contribution in [0.15, 0.2) is 53.7 Å². The van der Waals surface area contributed by atoms with Crippen molar-refractivity contribution in [2.75, 3.05) is 49.1 Å². The van der Waals surface area contributed by atoms with Gasteiger partial charge in [-0.25, -0.2) is 13.4 Å². The number of piperazine rings is 1. The molecule has 4 heterocycles. The van der Waals surface area contributed by atoms with Gasteiger partial charge in [0.15, 0.2) is 0 Å². The molecule has 2 aliphatic rings. The second-order valence-corrected chi connectivity index (χ2v) is 9.89. The summed E-state index contributed by atoms with van der Waals surface area (Å²) < 4.78 is 28.2. The Labute approximate surface area is 182 Å². The van der Waals surface area contributed by atoms with Crippen LogP contribution in [0.2, 0.25) is 0 Å². The van der Waals surface area contributed by atoms with Crippen molar-refractivity contribution >= 4 is 32.7 Å². The van der Waals surface area contributed by atoms with Crippen LogP contribution in [0.25, 0.3) is 10.9 Å². The van der Waals surface area contributed by atoms with E-state index in [1.807, 2.05) is 24.3 Å². The molecule has 0 aliphatic carbocycles. The van der Waals surface area contributed by atoms with Gasteiger partial charge in [0, 0.05) is 57.0 Å². The molecule has 0 N–H and O–H groups in total. The van der Waals surface area contributed by atoms with Crippen molar-refractivity contribution in [3.8, 4) is 0 Å². The zero-order valence-electron chi connectivity index (χ0n) is 17.4. The van der Waals surface area contributed by atoms with Gasteiger partial charge in [0.1, 0.15) is 10.7 Å². The summed E-state index contributed by atoms with van der Waals surface area (Å²) in [5, 5.41) is 0.827. The number of aromatic nitrogens is 3. The number of sulfonamides is 1. The second-order valence-electron chi connectivity index (χ2n) is 7.98. The minimum atomic E-state index is -3.62. The summed E-state index contributed by atoms with van der Waals surface area (Å²) in [5.74, 6) is 1.63. The van der Waals surface area contributed by atoms with Gasteiger partial charge in [-0.3, -0.25) is 4.98 Å². The molecule has 3 aromatic rings. The highest BCUT2D eigenvalue weighted by molar-refractivity contribution is 7.89. The fraction of sp³-hybridized carbons (Fsp3) is 0.409. The lowest BCUT2D eigenvalue weighted by Gasteiger charge is -2.35. The van der Waals surface area contributed by atoms with Gasteiger partial charge in [0.25, 0.3) is 0 Å². The lowest BCUT2D eigenvalue weighted by Crippen LogP contribution is -2.49. The summed E-state index contributed by atoms with van der Waals surface area (Å²) in [6, 6.07) is 10.9. The van der Waals surface area contributed by atoms with Crippen LogP contribution in [-0.4, -0.2) is 66.9 Å². The number of benzene rings is 1. The number of hydrogen-bond donors (Lipinski definition) is 0. The molecule has 0 amide bonds. The van der Waals surface area contributed by atoms with E-state index in [-0.39, 0.29) is 4.90 Å². The second kappa shape index (κ2) is 8.39. The largest absolute Gasteiger partial charge is 0.354 e. The standard InChI is InChI=1S/C22H26N6O2S/c29-31(30,19-8-4-6-18-7-5-10-23-21(18)19)28-16-14-26(15-17-28)20-9-11-24-22(25-20)27-12-2-1-3-13-27/h4-11H,1-3,12-17H2.